The van der Waals surface area contributed by atoms with E-state index in [4.69, 9.17) is 20.8 Å². The molecule has 0 bridgehead atoms. The molecule has 158 valence electrons. The van der Waals surface area contributed by atoms with E-state index in [1.807, 2.05) is 79.7 Å². The van der Waals surface area contributed by atoms with E-state index in [1.54, 1.807) is 11.8 Å². The number of ether oxygens (including phenoxy) is 1. The number of fused-ring (bicyclic) bond motifs is 1. The first kappa shape index (κ1) is 20.9. The Morgan fingerprint density at radius 3 is 2.58 bits per heavy atom. The van der Waals surface area contributed by atoms with Gasteiger partial charge < -0.3 is 14.1 Å². The van der Waals surface area contributed by atoms with Crippen molar-refractivity contribution in [1.82, 2.24) is 9.88 Å². The number of amides is 1. The van der Waals surface area contributed by atoms with Gasteiger partial charge >= 0.3 is 0 Å². The van der Waals surface area contributed by atoms with Crippen molar-refractivity contribution in [2.75, 3.05) is 0 Å². The van der Waals surface area contributed by atoms with Gasteiger partial charge in [0.05, 0.1) is 6.54 Å². The first-order valence-electron chi connectivity index (χ1n) is 10.1. The zero-order valence-electron chi connectivity index (χ0n) is 17.4. The highest BCUT2D eigenvalue weighted by Gasteiger charge is 2.25. The molecule has 6 heteroatoms. The monoisotopic (exact) mass is 434 g/mol. The third kappa shape index (κ3) is 5.06. The van der Waals surface area contributed by atoms with Crippen LogP contribution < -0.4 is 4.74 Å². The second-order valence-electron chi connectivity index (χ2n) is 7.44. The van der Waals surface area contributed by atoms with Crippen molar-refractivity contribution >= 4 is 28.6 Å². The van der Waals surface area contributed by atoms with Gasteiger partial charge in [-0.25, -0.2) is 4.98 Å². The highest BCUT2D eigenvalue weighted by molar-refractivity contribution is 6.31. The van der Waals surface area contributed by atoms with Crippen LogP contribution in [0.1, 0.15) is 23.9 Å². The molecule has 0 radical (unpaired) electrons. The lowest BCUT2D eigenvalue weighted by molar-refractivity contribution is -0.139. The first-order valence-corrected chi connectivity index (χ1v) is 10.5. The van der Waals surface area contributed by atoms with Gasteiger partial charge in [0.1, 0.15) is 11.3 Å². The number of aryl methyl sites for hydroxylation is 1. The Balaban J connectivity index is 1.59. The molecule has 31 heavy (non-hydrogen) atoms. The summed E-state index contributed by atoms with van der Waals surface area (Å²) in [4.78, 5) is 19.6. The molecule has 3 aromatic carbocycles. The van der Waals surface area contributed by atoms with Crippen molar-refractivity contribution in [2.24, 2.45) is 0 Å². The third-order valence-electron chi connectivity index (χ3n) is 4.95. The number of rotatable bonds is 7. The topological polar surface area (TPSA) is 55.6 Å². The van der Waals surface area contributed by atoms with Crippen LogP contribution in [0.3, 0.4) is 0 Å². The summed E-state index contributed by atoms with van der Waals surface area (Å²) >= 11 is 6.36. The van der Waals surface area contributed by atoms with Crippen molar-refractivity contribution in [3.63, 3.8) is 0 Å². The molecular formula is C25H23ClN2O3. The van der Waals surface area contributed by atoms with Crippen molar-refractivity contribution < 1.29 is 13.9 Å². The van der Waals surface area contributed by atoms with Crippen molar-refractivity contribution in [2.45, 2.75) is 33.0 Å². The lowest BCUT2D eigenvalue weighted by atomic mass is 10.2. The number of benzene rings is 3. The van der Waals surface area contributed by atoms with Gasteiger partial charge in [0.15, 0.2) is 11.7 Å². The molecule has 5 nitrogen and oxygen atoms in total. The average Bonchev–Trinajstić information content (AvgIpc) is 3.16. The maximum absolute atomic E-state index is 13.3. The summed E-state index contributed by atoms with van der Waals surface area (Å²) < 4.78 is 11.8. The molecule has 0 aliphatic rings. The van der Waals surface area contributed by atoms with E-state index in [-0.39, 0.29) is 12.5 Å². The van der Waals surface area contributed by atoms with Crippen molar-refractivity contribution in [3.05, 3.63) is 94.8 Å². The minimum absolute atomic E-state index is 0.179. The predicted octanol–water partition coefficient (Wildman–Crippen LogP) is 5.79. The molecule has 1 amide bonds. The summed E-state index contributed by atoms with van der Waals surface area (Å²) in [5.41, 5.74) is 3.41. The zero-order valence-corrected chi connectivity index (χ0v) is 18.2. The predicted molar refractivity (Wildman–Crippen MR) is 121 cm³/mol. The van der Waals surface area contributed by atoms with E-state index >= 15 is 0 Å². The Morgan fingerprint density at radius 1 is 1.06 bits per heavy atom. The SMILES string of the molecule is Cc1ccc2oc(CN(Cc3ccccc3Cl)C(=O)C(C)Oc3ccccc3)nc2c1. The van der Waals surface area contributed by atoms with Gasteiger partial charge in [-0.3, -0.25) is 4.79 Å². The van der Waals surface area contributed by atoms with Crippen LogP contribution in [0.5, 0.6) is 5.75 Å². The van der Waals surface area contributed by atoms with Crippen LogP contribution in [-0.4, -0.2) is 21.9 Å². The number of carbonyl (C=O) groups is 1. The average molecular weight is 435 g/mol. The molecule has 4 rings (SSSR count). The number of nitrogens with zero attached hydrogens (tertiary/aromatic N) is 2. The summed E-state index contributed by atoms with van der Waals surface area (Å²) in [6, 6.07) is 22.6. The van der Waals surface area contributed by atoms with Gasteiger partial charge in [-0.05, 0) is 55.3 Å². The molecule has 1 aromatic heterocycles. The third-order valence-corrected chi connectivity index (χ3v) is 5.32. The van der Waals surface area contributed by atoms with Crippen LogP contribution in [0, 0.1) is 6.92 Å². The van der Waals surface area contributed by atoms with Gasteiger partial charge in [-0.2, -0.15) is 0 Å². The van der Waals surface area contributed by atoms with E-state index in [2.05, 4.69) is 4.98 Å². The first-order chi connectivity index (χ1) is 15.0. The number of para-hydroxylation sites is 1. The zero-order chi connectivity index (χ0) is 21.8. The van der Waals surface area contributed by atoms with Gasteiger partial charge in [-0.15, -0.1) is 0 Å². The molecule has 0 fully saturated rings. The summed E-state index contributed by atoms with van der Waals surface area (Å²) in [6.45, 7) is 4.27. The number of hydrogen-bond acceptors (Lipinski definition) is 4. The number of halogens is 1. The molecule has 0 saturated carbocycles. The molecule has 0 aliphatic carbocycles. The van der Waals surface area contributed by atoms with Crippen molar-refractivity contribution in [3.8, 4) is 5.75 Å². The molecule has 0 spiro atoms. The maximum atomic E-state index is 13.3. The molecule has 1 atom stereocenters. The Bertz CT molecular complexity index is 1190. The summed E-state index contributed by atoms with van der Waals surface area (Å²) in [7, 11) is 0. The van der Waals surface area contributed by atoms with Crippen LogP contribution in [0.2, 0.25) is 5.02 Å². The lowest BCUT2D eigenvalue weighted by Crippen LogP contribution is -2.39. The normalized spacial score (nSPS) is 12.0. The molecule has 0 saturated heterocycles. The molecule has 4 aromatic rings. The van der Waals surface area contributed by atoms with E-state index in [1.165, 1.54) is 0 Å². The smallest absolute Gasteiger partial charge is 0.264 e. The van der Waals surface area contributed by atoms with E-state index < -0.39 is 6.10 Å². The Morgan fingerprint density at radius 2 is 1.81 bits per heavy atom. The quantitative estimate of drug-likeness (QED) is 0.369. The van der Waals surface area contributed by atoms with Crippen LogP contribution in [0.15, 0.2) is 77.2 Å². The number of hydrogen-bond donors (Lipinski definition) is 0. The van der Waals surface area contributed by atoms with Gasteiger partial charge in [0, 0.05) is 11.6 Å². The van der Waals surface area contributed by atoms with E-state index in [0.717, 1.165) is 16.6 Å². The second kappa shape index (κ2) is 9.23. The molecule has 0 N–H and O–H groups in total. The Hall–Kier alpha value is -3.31. The molecule has 0 aliphatic heterocycles. The number of aromatic nitrogens is 1. The molecule has 1 heterocycles. The van der Waals surface area contributed by atoms with Crippen LogP contribution in [0.25, 0.3) is 11.1 Å². The highest BCUT2D eigenvalue weighted by Crippen LogP contribution is 2.22. The molecule has 1 unspecified atom stereocenters. The summed E-state index contributed by atoms with van der Waals surface area (Å²) in [5.74, 6) is 0.925. The van der Waals surface area contributed by atoms with Gasteiger partial charge in [-0.1, -0.05) is 54.1 Å². The largest absolute Gasteiger partial charge is 0.481 e. The number of carbonyl (C=O) groups excluding carboxylic acids is 1. The van der Waals surface area contributed by atoms with Crippen LogP contribution in [0.4, 0.5) is 0 Å². The summed E-state index contributed by atoms with van der Waals surface area (Å²) in [6.07, 6.45) is -0.684. The summed E-state index contributed by atoms with van der Waals surface area (Å²) in [5, 5.41) is 0.602. The van der Waals surface area contributed by atoms with E-state index in [0.29, 0.717) is 28.8 Å². The molecular weight excluding hydrogens is 412 g/mol. The van der Waals surface area contributed by atoms with Crippen molar-refractivity contribution in [1.29, 1.82) is 0 Å². The van der Waals surface area contributed by atoms with Gasteiger partial charge in [0.25, 0.3) is 5.91 Å². The maximum Gasteiger partial charge on any atom is 0.264 e. The fourth-order valence-electron chi connectivity index (χ4n) is 3.37. The van der Waals surface area contributed by atoms with Gasteiger partial charge in [0.2, 0.25) is 5.89 Å². The minimum Gasteiger partial charge on any atom is -0.481 e. The Labute approximate surface area is 186 Å². The fraction of sp³-hybridized carbons (Fsp3) is 0.200. The Kier molecular flexibility index (Phi) is 6.23. The lowest BCUT2D eigenvalue weighted by Gasteiger charge is -2.25. The van der Waals surface area contributed by atoms with Crippen LogP contribution >= 0.6 is 11.6 Å². The van der Waals surface area contributed by atoms with Crippen LogP contribution in [-0.2, 0) is 17.9 Å². The standard InChI is InChI=1S/C25H23ClN2O3/c1-17-12-13-23-22(14-17)27-24(31-23)16-28(15-19-8-6-7-11-21(19)26)25(29)18(2)30-20-9-4-3-5-10-20/h3-14,18H,15-16H2,1-2H3. The van der Waals surface area contributed by atoms with E-state index in [9.17, 15) is 4.79 Å². The fourth-order valence-corrected chi connectivity index (χ4v) is 3.57. The highest BCUT2D eigenvalue weighted by atomic mass is 35.5. The number of oxazole rings is 1. The second-order valence-corrected chi connectivity index (χ2v) is 7.84. The minimum atomic E-state index is -0.684.